The molecule has 2 N–H and O–H groups in total. The van der Waals surface area contributed by atoms with Gasteiger partial charge in [-0.15, -0.1) is 0 Å². The fraction of sp³-hybridized carbons (Fsp3) is 0.706. The highest BCUT2D eigenvalue weighted by Crippen LogP contribution is 2.27. The number of anilines is 1. The van der Waals surface area contributed by atoms with Crippen molar-refractivity contribution in [3.63, 3.8) is 0 Å². The van der Waals surface area contributed by atoms with Crippen LogP contribution in [0, 0.1) is 5.92 Å². The van der Waals surface area contributed by atoms with E-state index >= 15 is 0 Å². The van der Waals surface area contributed by atoms with E-state index in [9.17, 15) is 9.59 Å². The van der Waals surface area contributed by atoms with Crippen LogP contribution in [0.4, 0.5) is 5.69 Å². The van der Waals surface area contributed by atoms with Gasteiger partial charge in [0.1, 0.15) is 6.54 Å². The number of hydrogen-bond donors (Lipinski definition) is 2. The molecule has 1 aromatic rings. The van der Waals surface area contributed by atoms with Crippen molar-refractivity contribution in [2.45, 2.75) is 45.4 Å². The number of carbonyl (C=O) groups is 2. The topological polar surface area (TPSA) is 88.5 Å². The van der Waals surface area contributed by atoms with Gasteiger partial charge in [0.25, 0.3) is 0 Å². The molecule has 0 aromatic carbocycles. The van der Waals surface area contributed by atoms with E-state index in [-0.39, 0.29) is 30.6 Å². The van der Waals surface area contributed by atoms with Crippen LogP contribution in [-0.4, -0.2) is 64.9 Å². The summed E-state index contributed by atoms with van der Waals surface area (Å²) in [5.41, 5.74) is 0.606. The van der Waals surface area contributed by atoms with Crippen LogP contribution in [0.3, 0.4) is 0 Å². The Bertz CT molecular complexity index is 603. The molecule has 2 fully saturated rings. The van der Waals surface area contributed by atoms with Crippen LogP contribution in [0.15, 0.2) is 12.4 Å². The fourth-order valence-corrected chi connectivity index (χ4v) is 3.05. The average molecular weight is 349 g/mol. The van der Waals surface area contributed by atoms with E-state index in [0.717, 1.165) is 12.5 Å². The van der Waals surface area contributed by atoms with E-state index in [0.29, 0.717) is 25.3 Å². The van der Waals surface area contributed by atoms with E-state index in [1.807, 2.05) is 13.8 Å². The number of morpholine rings is 1. The highest BCUT2D eigenvalue weighted by atomic mass is 16.5. The van der Waals surface area contributed by atoms with E-state index in [4.69, 9.17) is 4.74 Å². The van der Waals surface area contributed by atoms with Crippen molar-refractivity contribution in [2.75, 3.05) is 31.5 Å². The second kappa shape index (κ2) is 7.97. The molecule has 0 bridgehead atoms. The van der Waals surface area contributed by atoms with Gasteiger partial charge in [0, 0.05) is 19.3 Å². The lowest BCUT2D eigenvalue weighted by Gasteiger charge is -2.35. The first kappa shape index (κ1) is 17.9. The van der Waals surface area contributed by atoms with Gasteiger partial charge in [0.05, 0.1) is 30.6 Å². The van der Waals surface area contributed by atoms with Gasteiger partial charge in [0.2, 0.25) is 11.8 Å². The Morgan fingerprint density at radius 1 is 1.28 bits per heavy atom. The molecule has 138 valence electrons. The minimum absolute atomic E-state index is 0.00840. The molecular formula is C17H27N5O3. The van der Waals surface area contributed by atoms with Gasteiger partial charge in [-0.25, -0.2) is 0 Å². The van der Waals surface area contributed by atoms with Crippen LogP contribution < -0.4 is 10.6 Å². The van der Waals surface area contributed by atoms with Crippen molar-refractivity contribution in [3.05, 3.63) is 12.4 Å². The molecule has 1 aliphatic carbocycles. The SMILES string of the molecule is CC1CN(C(=O)Cn2cc(NC(=O)CNCC3CC3)cn2)CC(C)O1. The zero-order valence-electron chi connectivity index (χ0n) is 14.9. The minimum atomic E-state index is -0.0950. The summed E-state index contributed by atoms with van der Waals surface area (Å²) in [5.74, 6) is 0.656. The minimum Gasteiger partial charge on any atom is -0.372 e. The van der Waals surface area contributed by atoms with E-state index in [1.54, 1.807) is 22.0 Å². The molecule has 2 atom stereocenters. The highest BCUT2D eigenvalue weighted by Gasteiger charge is 2.26. The molecule has 3 rings (SSSR count). The van der Waals surface area contributed by atoms with Crippen LogP contribution in [0.2, 0.25) is 0 Å². The summed E-state index contributed by atoms with van der Waals surface area (Å²) in [6, 6.07) is 0. The Balaban J connectivity index is 1.44. The molecule has 1 saturated carbocycles. The molecule has 0 spiro atoms. The number of hydrogen-bond acceptors (Lipinski definition) is 5. The first-order valence-electron chi connectivity index (χ1n) is 8.96. The molecule has 1 saturated heterocycles. The van der Waals surface area contributed by atoms with Crippen molar-refractivity contribution in [2.24, 2.45) is 5.92 Å². The maximum atomic E-state index is 12.4. The predicted octanol–water partition coefficient (Wildman–Crippen LogP) is 0.457. The van der Waals surface area contributed by atoms with Crippen LogP contribution >= 0.6 is 0 Å². The van der Waals surface area contributed by atoms with Gasteiger partial charge in [0.15, 0.2) is 0 Å². The number of nitrogens with one attached hydrogen (secondary N) is 2. The summed E-state index contributed by atoms with van der Waals surface area (Å²) < 4.78 is 7.20. The molecule has 2 heterocycles. The van der Waals surface area contributed by atoms with Crippen LogP contribution in [0.5, 0.6) is 0 Å². The van der Waals surface area contributed by atoms with E-state index in [2.05, 4.69) is 15.7 Å². The van der Waals surface area contributed by atoms with Crippen LogP contribution in [-0.2, 0) is 20.9 Å². The molecule has 8 heteroatoms. The lowest BCUT2D eigenvalue weighted by Crippen LogP contribution is -2.49. The molecule has 1 aliphatic heterocycles. The fourth-order valence-electron chi connectivity index (χ4n) is 3.05. The van der Waals surface area contributed by atoms with Gasteiger partial charge in [-0.05, 0) is 39.2 Å². The zero-order chi connectivity index (χ0) is 17.8. The maximum Gasteiger partial charge on any atom is 0.244 e. The molecular weight excluding hydrogens is 322 g/mol. The Kier molecular flexibility index (Phi) is 5.70. The summed E-state index contributed by atoms with van der Waals surface area (Å²) in [6.45, 7) is 6.49. The molecule has 2 amide bonds. The van der Waals surface area contributed by atoms with Crippen molar-refractivity contribution >= 4 is 17.5 Å². The monoisotopic (exact) mass is 349 g/mol. The van der Waals surface area contributed by atoms with Crippen LogP contribution in [0.25, 0.3) is 0 Å². The second-order valence-corrected chi connectivity index (χ2v) is 7.11. The zero-order valence-corrected chi connectivity index (χ0v) is 14.9. The molecule has 2 aliphatic rings. The largest absolute Gasteiger partial charge is 0.372 e. The Hall–Kier alpha value is -1.93. The van der Waals surface area contributed by atoms with Crippen molar-refractivity contribution < 1.29 is 14.3 Å². The third-order valence-corrected chi connectivity index (χ3v) is 4.40. The average Bonchev–Trinajstić information content (AvgIpc) is 3.26. The number of nitrogens with zero attached hydrogens (tertiary/aromatic N) is 3. The summed E-state index contributed by atoms with van der Waals surface area (Å²) in [4.78, 5) is 26.1. The normalized spacial score (nSPS) is 23.5. The van der Waals surface area contributed by atoms with Crippen molar-refractivity contribution in [3.8, 4) is 0 Å². The van der Waals surface area contributed by atoms with Crippen molar-refractivity contribution in [1.82, 2.24) is 20.0 Å². The third-order valence-electron chi connectivity index (χ3n) is 4.40. The number of rotatable bonds is 7. The lowest BCUT2D eigenvalue weighted by atomic mass is 10.2. The van der Waals surface area contributed by atoms with Gasteiger partial charge >= 0.3 is 0 Å². The molecule has 25 heavy (non-hydrogen) atoms. The lowest BCUT2D eigenvalue weighted by molar-refractivity contribution is -0.144. The number of ether oxygens (including phenoxy) is 1. The Labute approximate surface area is 147 Å². The third kappa shape index (κ3) is 5.54. The highest BCUT2D eigenvalue weighted by molar-refractivity contribution is 5.92. The Morgan fingerprint density at radius 2 is 2.00 bits per heavy atom. The molecule has 8 nitrogen and oxygen atoms in total. The van der Waals surface area contributed by atoms with Crippen molar-refractivity contribution in [1.29, 1.82) is 0 Å². The standard InChI is InChI=1S/C17H27N5O3/c1-12-8-21(9-13(2)25-12)17(24)11-22-10-15(6-19-22)20-16(23)7-18-5-14-3-4-14/h6,10,12-14,18H,3-5,7-9,11H2,1-2H3,(H,20,23). The van der Waals surface area contributed by atoms with Gasteiger partial charge in [-0.3, -0.25) is 14.3 Å². The summed E-state index contributed by atoms with van der Waals surface area (Å²) in [7, 11) is 0. The Morgan fingerprint density at radius 3 is 2.68 bits per heavy atom. The van der Waals surface area contributed by atoms with E-state index in [1.165, 1.54) is 12.8 Å². The molecule has 0 radical (unpaired) electrons. The molecule has 2 unspecified atom stereocenters. The number of amides is 2. The number of aromatic nitrogens is 2. The summed E-state index contributed by atoms with van der Waals surface area (Å²) in [5, 5.41) is 10.1. The van der Waals surface area contributed by atoms with Gasteiger partial charge < -0.3 is 20.3 Å². The quantitative estimate of drug-likeness (QED) is 0.746. The summed E-state index contributed by atoms with van der Waals surface area (Å²) >= 11 is 0. The number of carbonyl (C=O) groups excluding carboxylic acids is 2. The predicted molar refractivity (Wildman–Crippen MR) is 93.0 cm³/mol. The van der Waals surface area contributed by atoms with Crippen LogP contribution in [0.1, 0.15) is 26.7 Å². The summed E-state index contributed by atoms with van der Waals surface area (Å²) in [6.07, 6.45) is 5.86. The van der Waals surface area contributed by atoms with E-state index < -0.39 is 0 Å². The second-order valence-electron chi connectivity index (χ2n) is 7.11. The first-order chi connectivity index (χ1) is 12.0. The van der Waals surface area contributed by atoms with Gasteiger partial charge in [-0.1, -0.05) is 0 Å². The smallest absolute Gasteiger partial charge is 0.244 e. The van der Waals surface area contributed by atoms with Gasteiger partial charge in [-0.2, -0.15) is 5.10 Å². The maximum absolute atomic E-state index is 12.4. The first-order valence-corrected chi connectivity index (χ1v) is 8.96. The molecule has 1 aromatic heterocycles.